The minimum Gasteiger partial charge on any atom is -0.364 e. The van der Waals surface area contributed by atoms with E-state index in [9.17, 15) is 0 Å². The molecule has 1 aromatic rings. The van der Waals surface area contributed by atoms with Crippen molar-refractivity contribution in [1.29, 1.82) is 0 Å². The first-order valence-electron chi connectivity index (χ1n) is 8.58. The lowest BCUT2D eigenvalue weighted by Crippen LogP contribution is -3.22. The van der Waals surface area contributed by atoms with Gasteiger partial charge in [-0.3, -0.25) is 0 Å². The Hall–Kier alpha value is -0.900. The Morgan fingerprint density at radius 3 is 2.24 bits per heavy atom. The SMILES string of the molecule is C[C@@H]1C[NH+](C2CC[NH+](Cc3ccccc3)CC2)C[C@H](C)O1. The molecule has 2 saturated heterocycles. The summed E-state index contributed by atoms with van der Waals surface area (Å²) in [5.74, 6) is 0. The fraction of sp³-hybridized carbons (Fsp3) is 0.667. The second-order valence-electron chi connectivity index (χ2n) is 7.01. The summed E-state index contributed by atoms with van der Waals surface area (Å²) in [5.41, 5.74) is 1.48. The summed E-state index contributed by atoms with van der Waals surface area (Å²) >= 11 is 0. The van der Waals surface area contributed by atoms with E-state index in [1.165, 1.54) is 51.1 Å². The van der Waals surface area contributed by atoms with E-state index in [1.54, 1.807) is 9.80 Å². The lowest BCUT2D eigenvalue weighted by Gasteiger charge is -2.39. The standard InChI is InChI=1S/C18H28N2O/c1-15-12-20(13-16(2)21-15)18-8-10-19(11-9-18)14-17-6-4-3-5-7-17/h3-7,15-16,18H,8-14H2,1-2H3/p+2/t15-,16+. The van der Waals surface area contributed by atoms with E-state index in [0.29, 0.717) is 12.2 Å². The van der Waals surface area contributed by atoms with Crippen LogP contribution in [0, 0.1) is 0 Å². The molecule has 2 N–H and O–H groups in total. The highest BCUT2D eigenvalue weighted by Gasteiger charge is 2.34. The molecule has 0 aromatic heterocycles. The molecule has 2 heterocycles. The van der Waals surface area contributed by atoms with E-state index in [-0.39, 0.29) is 0 Å². The molecule has 3 heteroatoms. The second-order valence-corrected chi connectivity index (χ2v) is 7.01. The highest BCUT2D eigenvalue weighted by atomic mass is 16.5. The molecule has 0 aliphatic carbocycles. The Kier molecular flexibility index (Phi) is 4.94. The molecule has 2 aliphatic heterocycles. The Morgan fingerprint density at radius 2 is 1.62 bits per heavy atom. The van der Waals surface area contributed by atoms with Crippen LogP contribution < -0.4 is 9.80 Å². The maximum atomic E-state index is 5.88. The molecule has 0 spiro atoms. The normalized spacial score (nSPS) is 37.3. The van der Waals surface area contributed by atoms with Crippen LogP contribution in [0.4, 0.5) is 0 Å². The number of ether oxygens (including phenoxy) is 1. The van der Waals surface area contributed by atoms with Gasteiger partial charge in [0, 0.05) is 18.4 Å². The first kappa shape index (κ1) is 15.0. The van der Waals surface area contributed by atoms with Crippen molar-refractivity contribution in [2.24, 2.45) is 0 Å². The van der Waals surface area contributed by atoms with E-state index in [0.717, 1.165) is 6.04 Å². The molecular formula is C18H30N2O+2. The van der Waals surface area contributed by atoms with E-state index >= 15 is 0 Å². The van der Waals surface area contributed by atoms with Gasteiger partial charge in [-0.2, -0.15) is 0 Å². The van der Waals surface area contributed by atoms with Crippen LogP contribution in [0.1, 0.15) is 32.3 Å². The third kappa shape index (κ3) is 4.06. The van der Waals surface area contributed by atoms with Crippen molar-refractivity contribution in [3.8, 4) is 0 Å². The third-order valence-electron chi connectivity index (χ3n) is 5.13. The van der Waals surface area contributed by atoms with Crippen LogP contribution in [0.2, 0.25) is 0 Å². The van der Waals surface area contributed by atoms with Gasteiger partial charge in [-0.15, -0.1) is 0 Å². The number of morpholine rings is 1. The van der Waals surface area contributed by atoms with Crippen LogP contribution in [0.25, 0.3) is 0 Å². The fourth-order valence-corrected chi connectivity index (χ4v) is 4.14. The van der Waals surface area contributed by atoms with Gasteiger partial charge in [0.05, 0.1) is 19.1 Å². The van der Waals surface area contributed by atoms with Crippen LogP contribution in [0.3, 0.4) is 0 Å². The molecule has 3 nitrogen and oxygen atoms in total. The summed E-state index contributed by atoms with van der Waals surface area (Å²) < 4.78 is 5.88. The van der Waals surface area contributed by atoms with Crippen molar-refractivity contribution < 1.29 is 14.5 Å². The average Bonchev–Trinajstić information content (AvgIpc) is 2.48. The lowest BCUT2D eigenvalue weighted by molar-refractivity contribution is -0.970. The number of rotatable bonds is 3. The van der Waals surface area contributed by atoms with E-state index in [1.807, 2.05) is 0 Å². The van der Waals surface area contributed by atoms with Gasteiger partial charge in [0.2, 0.25) is 0 Å². The summed E-state index contributed by atoms with van der Waals surface area (Å²) in [7, 11) is 0. The zero-order chi connectivity index (χ0) is 14.7. The fourth-order valence-electron chi connectivity index (χ4n) is 4.14. The quantitative estimate of drug-likeness (QED) is 0.797. The predicted octanol–water partition coefficient (Wildman–Crippen LogP) is -0.0740. The van der Waals surface area contributed by atoms with Crippen LogP contribution in [-0.2, 0) is 11.3 Å². The van der Waals surface area contributed by atoms with Crippen LogP contribution in [0.5, 0.6) is 0 Å². The number of nitrogens with one attached hydrogen (secondary N) is 2. The number of quaternary nitrogens is 2. The zero-order valence-corrected chi connectivity index (χ0v) is 13.5. The first-order chi connectivity index (χ1) is 10.2. The van der Waals surface area contributed by atoms with Gasteiger partial charge in [-0.25, -0.2) is 0 Å². The molecule has 116 valence electrons. The third-order valence-corrected chi connectivity index (χ3v) is 5.13. The van der Waals surface area contributed by atoms with Gasteiger partial charge in [-0.1, -0.05) is 30.3 Å². The minimum atomic E-state index is 0.429. The van der Waals surface area contributed by atoms with Crippen LogP contribution in [-0.4, -0.2) is 44.4 Å². The van der Waals surface area contributed by atoms with Gasteiger partial charge in [0.25, 0.3) is 0 Å². The second kappa shape index (κ2) is 6.91. The van der Waals surface area contributed by atoms with E-state index in [2.05, 4.69) is 44.2 Å². The smallest absolute Gasteiger partial charge is 0.104 e. The molecule has 0 amide bonds. The van der Waals surface area contributed by atoms with Gasteiger partial charge in [0.15, 0.2) is 0 Å². The van der Waals surface area contributed by atoms with E-state index < -0.39 is 0 Å². The summed E-state index contributed by atoms with van der Waals surface area (Å²) in [6.07, 6.45) is 3.60. The van der Waals surface area contributed by atoms with Gasteiger partial charge in [-0.05, 0) is 13.8 Å². The largest absolute Gasteiger partial charge is 0.364 e. The van der Waals surface area contributed by atoms with E-state index in [4.69, 9.17) is 4.74 Å². The topological polar surface area (TPSA) is 18.1 Å². The van der Waals surface area contributed by atoms with Crippen molar-refractivity contribution in [2.45, 2.75) is 51.5 Å². The Bertz CT molecular complexity index is 418. The summed E-state index contributed by atoms with van der Waals surface area (Å²) in [4.78, 5) is 3.55. The van der Waals surface area contributed by atoms with Gasteiger partial charge in [0.1, 0.15) is 31.8 Å². The maximum Gasteiger partial charge on any atom is 0.104 e. The molecular weight excluding hydrogens is 260 g/mol. The molecule has 0 bridgehead atoms. The highest BCUT2D eigenvalue weighted by molar-refractivity contribution is 5.13. The van der Waals surface area contributed by atoms with Crippen molar-refractivity contribution in [3.63, 3.8) is 0 Å². The molecule has 2 fully saturated rings. The van der Waals surface area contributed by atoms with Gasteiger partial charge < -0.3 is 14.5 Å². The number of hydrogen-bond donors (Lipinski definition) is 2. The van der Waals surface area contributed by atoms with Crippen molar-refractivity contribution >= 4 is 0 Å². The molecule has 3 atom stereocenters. The minimum absolute atomic E-state index is 0.429. The summed E-state index contributed by atoms with van der Waals surface area (Å²) in [6.45, 7) is 10.7. The number of benzene rings is 1. The number of likely N-dealkylation sites (tertiary alicyclic amines) is 1. The molecule has 3 rings (SSSR count). The molecule has 0 radical (unpaired) electrons. The summed E-state index contributed by atoms with van der Waals surface area (Å²) in [6, 6.07) is 11.8. The van der Waals surface area contributed by atoms with Gasteiger partial charge >= 0.3 is 0 Å². The Balaban J connectivity index is 1.48. The first-order valence-corrected chi connectivity index (χ1v) is 8.58. The molecule has 21 heavy (non-hydrogen) atoms. The Labute approximate surface area is 128 Å². The van der Waals surface area contributed by atoms with Crippen molar-refractivity contribution in [2.75, 3.05) is 26.2 Å². The molecule has 2 aliphatic rings. The zero-order valence-electron chi connectivity index (χ0n) is 13.5. The molecule has 1 unspecified atom stereocenters. The predicted molar refractivity (Wildman–Crippen MR) is 84.6 cm³/mol. The highest BCUT2D eigenvalue weighted by Crippen LogP contribution is 2.04. The number of hydrogen-bond acceptors (Lipinski definition) is 1. The monoisotopic (exact) mass is 290 g/mol. The van der Waals surface area contributed by atoms with Crippen LogP contribution in [0.15, 0.2) is 30.3 Å². The summed E-state index contributed by atoms with van der Waals surface area (Å²) in [5, 5.41) is 0. The molecule has 1 aromatic carbocycles. The maximum absolute atomic E-state index is 5.88. The molecule has 0 saturated carbocycles. The average molecular weight is 290 g/mol. The van der Waals surface area contributed by atoms with Crippen LogP contribution >= 0.6 is 0 Å². The van der Waals surface area contributed by atoms with Crippen molar-refractivity contribution in [1.82, 2.24) is 0 Å². The lowest BCUT2D eigenvalue weighted by atomic mass is 10.0. The Morgan fingerprint density at radius 1 is 1.00 bits per heavy atom. The van der Waals surface area contributed by atoms with Crippen molar-refractivity contribution in [3.05, 3.63) is 35.9 Å². The number of piperidine rings is 1.